The highest BCUT2D eigenvalue weighted by Crippen LogP contribution is 2.48. The standard InChI is InChI=1S/C7H9F6N/c8-6(9,10)4(7(11,12)13)3-5(14)1-2-5/h4H,1-3,14H2. The van der Waals surface area contributed by atoms with Gasteiger partial charge in [-0.05, 0) is 19.3 Å². The van der Waals surface area contributed by atoms with Gasteiger partial charge in [-0.1, -0.05) is 0 Å². The van der Waals surface area contributed by atoms with Gasteiger partial charge in [0.25, 0.3) is 0 Å². The fourth-order valence-corrected chi connectivity index (χ4v) is 1.19. The van der Waals surface area contributed by atoms with Crippen LogP contribution in [0.25, 0.3) is 0 Å². The smallest absolute Gasteiger partial charge is 0.325 e. The van der Waals surface area contributed by atoms with E-state index < -0.39 is 30.2 Å². The number of halogens is 6. The Hall–Kier alpha value is -0.460. The lowest BCUT2D eigenvalue weighted by molar-refractivity contribution is -0.287. The van der Waals surface area contributed by atoms with Crippen LogP contribution in [-0.2, 0) is 0 Å². The number of nitrogens with two attached hydrogens (primary N) is 1. The quantitative estimate of drug-likeness (QED) is 0.712. The van der Waals surface area contributed by atoms with Crippen LogP contribution in [0.3, 0.4) is 0 Å². The topological polar surface area (TPSA) is 26.0 Å². The maximum Gasteiger partial charge on any atom is 0.400 e. The van der Waals surface area contributed by atoms with Crippen molar-refractivity contribution < 1.29 is 26.3 Å². The van der Waals surface area contributed by atoms with Crippen molar-refractivity contribution in [2.24, 2.45) is 11.7 Å². The fraction of sp³-hybridized carbons (Fsp3) is 1.00. The highest BCUT2D eigenvalue weighted by molar-refractivity contribution is 5.01. The Labute approximate surface area is 76.3 Å². The minimum absolute atomic E-state index is 0.232. The molecule has 1 rings (SSSR count). The molecule has 0 aromatic carbocycles. The van der Waals surface area contributed by atoms with Gasteiger partial charge in [0.1, 0.15) is 0 Å². The molecule has 0 bridgehead atoms. The van der Waals surface area contributed by atoms with E-state index in [1.54, 1.807) is 0 Å². The van der Waals surface area contributed by atoms with Gasteiger partial charge in [-0.15, -0.1) is 0 Å². The summed E-state index contributed by atoms with van der Waals surface area (Å²) in [5.74, 6) is -3.29. The summed E-state index contributed by atoms with van der Waals surface area (Å²) in [5.41, 5.74) is 3.99. The molecule has 0 saturated heterocycles. The molecule has 1 aliphatic carbocycles. The molecule has 0 aromatic rings. The molecule has 1 aliphatic rings. The number of alkyl halides is 6. The van der Waals surface area contributed by atoms with Gasteiger partial charge in [0.15, 0.2) is 5.92 Å². The molecule has 0 spiro atoms. The average molecular weight is 221 g/mol. The van der Waals surface area contributed by atoms with Crippen molar-refractivity contribution in [1.82, 2.24) is 0 Å². The molecule has 0 atom stereocenters. The van der Waals surface area contributed by atoms with Gasteiger partial charge in [0.2, 0.25) is 0 Å². The number of hydrogen-bond donors (Lipinski definition) is 1. The summed E-state index contributed by atoms with van der Waals surface area (Å²) in [6, 6.07) is 0. The molecule has 84 valence electrons. The molecular formula is C7H9F6N. The number of hydrogen-bond acceptors (Lipinski definition) is 1. The van der Waals surface area contributed by atoms with Crippen LogP contribution in [0.1, 0.15) is 19.3 Å². The average Bonchev–Trinajstić information content (AvgIpc) is 2.59. The van der Waals surface area contributed by atoms with Gasteiger partial charge in [0, 0.05) is 5.54 Å². The predicted octanol–water partition coefficient (Wildman–Crippen LogP) is 2.61. The van der Waals surface area contributed by atoms with Crippen molar-refractivity contribution in [2.45, 2.75) is 37.2 Å². The van der Waals surface area contributed by atoms with Crippen molar-refractivity contribution in [1.29, 1.82) is 0 Å². The highest BCUT2D eigenvalue weighted by Gasteiger charge is 2.60. The molecule has 0 unspecified atom stereocenters. The molecule has 1 nitrogen and oxygen atoms in total. The lowest BCUT2D eigenvalue weighted by Crippen LogP contribution is -2.41. The van der Waals surface area contributed by atoms with E-state index in [4.69, 9.17) is 5.73 Å². The monoisotopic (exact) mass is 221 g/mol. The first kappa shape index (κ1) is 11.6. The van der Waals surface area contributed by atoms with Crippen molar-refractivity contribution in [3.05, 3.63) is 0 Å². The summed E-state index contributed by atoms with van der Waals surface area (Å²) in [6.45, 7) is 0. The van der Waals surface area contributed by atoms with E-state index in [0.29, 0.717) is 0 Å². The predicted molar refractivity (Wildman–Crippen MR) is 36.4 cm³/mol. The van der Waals surface area contributed by atoms with Crippen LogP contribution >= 0.6 is 0 Å². The van der Waals surface area contributed by atoms with Crippen LogP contribution in [0.4, 0.5) is 26.3 Å². The molecule has 0 heterocycles. The second kappa shape index (κ2) is 3.01. The van der Waals surface area contributed by atoms with E-state index in [9.17, 15) is 26.3 Å². The zero-order chi connectivity index (χ0) is 11.2. The SMILES string of the molecule is NC1(CC(C(F)(F)F)C(F)(F)F)CC1. The van der Waals surface area contributed by atoms with Gasteiger partial charge < -0.3 is 5.73 Å². The maximum absolute atomic E-state index is 12.0. The van der Waals surface area contributed by atoms with Crippen molar-refractivity contribution >= 4 is 0 Å². The second-order valence-electron chi connectivity index (χ2n) is 3.70. The normalized spacial score (nSPS) is 21.4. The van der Waals surface area contributed by atoms with Gasteiger partial charge in [-0.2, -0.15) is 26.3 Å². The van der Waals surface area contributed by atoms with Crippen LogP contribution in [0.15, 0.2) is 0 Å². The fourth-order valence-electron chi connectivity index (χ4n) is 1.19. The minimum atomic E-state index is -5.26. The lowest BCUT2D eigenvalue weighted by atomic mass is 9.97. The zero-order valence-corrected chi connectivity index (χ0v) is 7.04. The van der Waals surface area contributed by atoms with E-state index in [2.05, 4.69) is 0 Å². The molecule has 0 radical (unpaired) electrons. The molecule has 2 N–H and O–H groups in total. The van der Waals surface area contributed by atoms with Gasteiger partial charge in [0.05, 0.1) is 0 Å². The summed E-state index contributed by atoms with van der Waals surface area (Å²) in [6.07, 6.45) is -11.1. The van der Waals surface area contributed by atoms with E-state index in [0.717, 1.165) is 0 Å². The summed E-state index contributed by atoms with van der Waals surface area (Å²) in [7, 11) is 0. The molecule has 0 amide bonds. The summed E-state index contributed by atoms with van der Waals surface area (Å²) in [4.78, 5) is 0. The van der Waals surface area contributed by atoms with Crippen molar-refractivity contribution in [3.8, 4) is 0 Å². The summed E-state index contributed by atoms with van der Waals surface area (Å²) in [5, 5.41) is 0. The van der Waals surface area contributed by atoms with Crippen LogP contribution in [0.2, 0.25) is 0 Å². The Balaban J connectivity index is 2.73. The molecule has 1 saturated carbocycles. The third-order valence-corrected chi connectivity index (χ3v) is 2.29. The van der Waals surface area contributed by atoms with Crippen LogP contribution in [0, 0.1) is 5.92 Å². The molecule has 14 heavy (non-hydrogen) atoms. The molecule has 0 aliphatic heterocycles. The van der Waals surface area contributed by atoms with Gasteiger partial charge in [-0.25, -0.2) is 0 Å². The molecule has 0 aromatic heterocycles. The first-order chi connectivity index (χ1) is 6.05. The van der Waals surface area contributed by atoms with Crippen molar-refractivity contribution in [3.63, 3.8) is 0 Å². The Bertz CT molecular complexity index is 199. The summed E-state index contributed by atoms with van der Waals surface area (Å²) < 4.78 is 72.0. The Morgan fingerprint density at radius 3 is 1.57 bits per heavy atom. The third kappa shape index (κ3) is 2.76. The highest BCUT2D eigenvalue weighted by atomic mass is 19.4. The van der Waals surface area contributed by atoms with E-state index in [-0.39, 0.29) is 12.8 Å². The summed E-state index contributed by atoms with van der Waals surface area (Å²) >= 11 is 0. The van der Waals surface area contributed by atoms with Crippen LogP contribution in [0.5, 0.6) is 0 Å². The third-order valence-electron chi connectivity index (χ3n) is 2.29. The van der Waals surface area contributed by atoms with Crippen molar-refractivity contribution in [2.75, 3.05) is 0 Å². The molecular weight excluding hydrogens is 212 g/mol. The Kier molecular flexibility index (Phi) is 2.50. The first-order valence-corrected chi connectivity index (χ1v) is 3.97. The lowest BCUT2D eigenvalue weighted by Gasteiger charge is -2.25. The molecule has 7 heteroatoms. The Morgan fingerprint density at radius 2 is 1.36 bits per heavy atom. The van der Waals surface area contributed by atoms with E-state index in [1.807, 2.05) is 0 Å². The van der Waals surface area contributed by atoms with Gasteiger partial charge in [-0.3, -0.25) is 0 Å². The minimum Gasteiger partial charge on any atom is -0.325 e. The largest absolute Gasteiger partial charge is 0.400 e. The first-order valence-electron chi connectivity index (χ1n) is 3.97. The van der Waals surface area contributed by atoms with E-state index in [1.165, 1.54) is 0 Å². The van der Waals surface area contributed by atoms with Crippen LogP contribution < -0.4 is 5.73 Å². The maximum atomic E-state index is 12.0. The molecule has 1 fully saturated rings. The van der Waals surface area contributed by atoms with Gasteiger partial charge >= 0.3 is 12.4 Å². The number of rotatable bonds is 2. The Morgan fingerprint density at radius 1 is 1.00 bits per heavy atom. The zero-order valence-electron chi connectivity index (χ0n) is 7.04. The van der Waals surface area contributed by atoms with Crippen LogP contribution in [-0.4, -0.2) is 17.9 Å². The second-order valence-corrected chi connectivity index (χ2v) is 3.70. The van der Waals surface area contributed by atoms with E-state index >= 15 is 0 Å².